The molecule has 172 valence electrons. The maximum atomic E-state index is 14.1. The monoisotopic (exact) mass is 482 g/mol. The first-order valence-corrected chi connectivity index (χ1v) is 10.3. The first kappa shape index (κ1) is 22.6. The summed E-state index contributed by atoms with van der Waals surface area (Å²) in [6, 6.07) is 11.9. The molecule has 1 aromatic heterocycles. The molecule has 0 atom stereocenters. The minimum absolute atomic E-state index is 0.00421. The van der Waals surface area contributed by atoms with Gasteiger partial charge < -0.3 is 0 Å². The summed E-state index contributed by atoms with van der Waals surface area (Å²) in [6.07, 6.45) is 3.40. The van der Waals surface area contributed by atoms with Crippen molar-refractivity contribution in [3.05, 3.63) is 106 Å². The van der Waals surface area contributed by atoms with Crippen LogP contribution in [0.2, 0.25) is 0 Å². The van der Waals surface area contributed by atoms with Crippen molar-refractivity contribution in [1.82, 2.24) is 9.97 Å². The highest BCUT2D eigenvalue weighted by Crippen LogP contribution is 2.35. The van der Waals surface area contributed by atoms with Gasteiger partial charge in [0.15, 0.2) is 0 Å². The number of nitrogens with zero attached hydrogens (tertiary/aromatic N) is 6. The number of benzene rings is 3. The number of hydrogen-bond donors (Lipinski definition) is 0. The molecule has 0 N–H and O–H groups in total. The Bertz CT molecular complexity index is 1550. The summed E-state index contributed by atoms with van der Waals surface area (Å²) < 4.78 is 56.6. The number of rotatable bonds is 2. The molecule has 6 nitrogen and oxygen atoms in total. The van der Waals surface area contributed by atoms with Crippen molar-refractivity contribution in [1.29, 1.82) is 10.5 Å². The van der Waals surface area contributed by atoms with Gasteiger partial charge in [-0.15, -0.1) is 0 Å². The molecule has 0 unspecified atom stereocenters. The summed E-state index contributed by atoms with van der Waals surface area (Å²) in [5.41, 5.74) is 0.635. The fourth-order valence-electron chi connectivity index (χ4n) is 4.03. The van der Waals surface area contributed by atoms with Gasteiger partial charge in [0.05, 0.1) is 11.4 Å². The molecule has 0 amide bonds. The van der Waals surface area contributed by atoms with Gasteiger partial charge in [-0.1, -0.05) is 24.3 Å². The molecule has 0 spiro atoms. The molecule has 1 heterocycles. The van der Waals surface area contributed by atoms with E-state index in [0.717, 1.165) is 24.3 Å². The zero-order valence-electron chi connectivity index (χ0n) is 18.0. The zero-order valence-corrected chi connectivity index (χ0v) is 18.0. The third kappa shape index (κ3) is 3.87. The molecular formula is C26H10F4N6. The van der Waals surface area contributed by atoms with Crippen LogP contribution in [0.1, 0.15) is 22.5 Å². The molecule has 0 bridgehead atoms. The van der Waals surface area contributed by atoms with Crippen LogP contribution in [0.25, 0.3) is 22.5 Å². The second-order valence-corrected chi connectivity index (χ2v) is 7.60. The van der Waals surface area contributed by atoms with E-state index in [0.29, 0.717) is 23.3 Å². The lowest BCUT2D eigenvalue weighted by Crippen LogP contribution is -2.26. The van der Waals surface area contributed by atoms with E-state index >= 15 is 0 Å². The molecule has 4 aromatic rings. The second-order valence-electron chi connectivity index (χ2n) is 7.60. The summed E-state index contributed by atoms with van der Waals surface area (Å²) >= 11 is 0. The van der Waals surface area contributed by atoms with Crippen LogP contribution in [0.15, 0.2) is 70.6 Å². The molecular weight excluding hydrogens is 472 g/mol. The third-order valence-electron chi connectivity index (χ3n) is 5.38. The predicted molar refractivity (Wildman–Crippen MR) is 122 cm³/mol. The van der Waals surface area contributed by atoms with Crippen LogP contribution >= 0.6 is 0 Å². The molecule has 0 fully saturated rings. The molecule has 0 saturated heterocycles. The third-order valence-corrected chi connectivity index (χ3v) is 5.38. The number of aliphatic imine (C=N–C) groups is 2. The lowest BCUT2D eigenvalue weighted by Gasteiger charge is -2.22. The summed E-state index contributed by atoms with van der Waals surface area (Å²) in [5.74, 6) is -3.65. The van der Waals surface area contributed by atoms with Gasteiger partial charge in [-0.05, 0) is 24.3 Å². The van der Waals surface area contributed by atoms with Crippen molar-refractivity contribution in [2.75, 3.05) is 0 Å². The van der Waals surface area contributed by atoms with Gasteiger partial charge in [0, 0.05) is 34.4 Å². The van der Waals surface area contributed by atoms with Crippen molar-refractivity contribution in [3.63, 3.8) is 0 Å². The van der Waals surface area contributed by atoms with Crippen molar-refractivity contribution in [2.45, 2.75) is 0 Å². The molecule has 10 heteroatoms. The van der Waals surface area contributed by atoms with E-state index in [9.17, 15) is 28.1 Å². The van der Waals surface area contributed by atoms with Crippen molar-refractivity contribution in [3.8, 4) is 34.9 Å². The van der Waals surface area contributed by atoms with Crippen LogP contribution in [0.3, 0.4) is 0 Å². The Morgan fingerprint density at radius 3 is 1.25 bits per heavy atom. The van der Waals surface area contributed by atoms with E-state index in [1.807, 2.05) is 0 Å². The highest BCUT2D eigenvalue weighted by atomic mass is 19.1. The number of aromatic nitrogens is 2. The van der Waals surface area contributed by atoms with Gasteiger partial charge in [0.2, 0.25) is 12.4 Å². The van der Waals surface area contributed by atoms with Gasteiger partial charge in [-0.3, -0.25) is 0 Å². The Morgan fingerprint density at radius 2 is 0.917 bits per heavy atom. The van der Waals surface area contributed by atoms with Gasteiger partial charge in [-0.2, -0.15) is 20.5 Å². The fourth-order valence-corrected chi connectivity index (χ4v) is 4.03. The maximum Gasteiger partial charge on any atom is 0.206 e. The molecule has 5 rings (SSSR count). The Labute approximate surface area is 201 Å². The lowest BCUT2D eigenvalue weighted by molar-refractivity contribution is 0.583. The van der Waals surface area contributed by atoms with E-state index in [-0.39, 0.29) is 45.3 Å². The zero-order chi connectivity index (χ0) is 25.4. The molecule has 1 aliphatic carbocycles. The van der Waals surface area contributed by atoms with Crippen molar-refractivity contribution >= 4 is 11.4 Å². The molecule has 0 saturated carbocycles. The van der Waals surface area contributed by atoms with Gasteiger partial charge in [-0.25, -0.2) is 27.5 Å². The second kappa shape index (κ2) is 8.85. The van der Waals surface area contributed by atoms with Gasteiger partial charge >= 0.3 is 0 Å². The van der Waals surface area contributed by atoms with Gasteiger partial charge in [0.1, 0.15) is 46.1 Å². The van der Waals surface area contributed by atoms with Crippen LogP contribution < -0.4 is 0 Å². The molecule has 0 radical (unpaired) electrons. The highest BCUT2D eigenvalue weighted by molar-refractivity contribution is 6.30. The molecule has 36 heavy (non-hydrogen) atoms. The van der Waals surface area contributed by atoms with E-state index in [1.165, 1.54) is 0 Å². The highest BCUT2D eigenvalue weighted by Gasteiger charge is 2.32. The SMILES string of the molecule is N#CN=C1c2ccccc2C(=NC#N)c2nc(-c3cc(F)cc(F)c3)c(-c3cc(F)cc(F)c3)nc21. The van der Waals surface area contributed by atoms with Crippen LogP contribution in [0, 0.1) is 46.2 Å². The summed E-state index contributed by atoms with van der Waals surface area (Å²) in [6.45, 7) is 0. The lowest BCUT2D eigenvalue weighted by atomic mass is 9.87. The number of hydrogen-bond acceptors (Lipinski definition) is 6. The Morgan fingerprint density at radius 1 is 0.556 bits per heavy atom. The minimum Gasteiger partial charge on any atom is -0.241 e. The first-order chi connectivity index (χ1) is 17.4. The standard InChI is InChI=1S/C26H10F4N6/c27-15-5-13(6-16(28)9-15)21-22(14-7-17(29)10-18(30)8-14)36-26-24(34-12-32)20-4-2-1-3-19(20)23(33-11-31)25(26)35-21/h1-10H. The number of halogens is 4. The summed E-state index contributed by atoms with van der Waals surface area (Å²) in [7, 11) is 0. The summed E-state index contributed by atoms with van der Waals surface area (Å²) in [5, 5.41) is 18.7. The molecule has 3 aromatic carbocycles. The first-order valence-electron chi connectivity index (χ1n) is 10.3. The average Bonchev–Trinajstić information content (AvgIpc) is 2.84. The maximum absolute atomic E-state index is 14.1. The minimum atomic E-state index is -0.913. The quantitative estimate of drug-likeness (QED) is 0.251. The number of nitriles is 2. The van der Waals surface area contributed by atoms with Crippen molar-refractivity contribution in [2.24, 2.45) is 9.98 Å². The normalized spacial score (nSPS) is 14.2. The smallest absolute Gasteiger partial charge is 0.206 e. The van der Waals surface area contributed by atoms with Crippen LogP contribution in [-0.4, -0.2) is 21.4 Å². The topological polar surface area (TPSA) is 98.1 Å². The molecule has 0 aliphatic heterocycles. The molecule has 1 aliphatic rings. The van der Waals surface area contributed by atoms with Crippen LogP contribution in [-0.2, 0) is 0 Å². The Kier molecular flexibility index (Phi) is 5.55. The number of fused-ring (bicyclic) bond motifs is 2. The largest absolute Gasteiger partial charge is 0.241 e. The Balaban J connectivity index is 1.93. The Hall–Kier alpha value is -5.22. The average molecular weight is 482 g/mol. The van der Waals surface area contributed by atoms with E-state index < -0.39 is 23.3 Å². The van der Waals surface area contributed by atoms with E-state index in [1.54, 1.807) is 36.7 Å². The van der Waals surface area contributed by atoms with E-state index in [4.69, 9.17) is 0 Å². The van der Waals surface area contributed by atoms with Crippen LogP contribution in [0.5, 0.6) is 0 Å². The predicted octanol–water partition coefficient (Wildman–Crippen LogP) is 5.32. The summed E-state index contributed by atoms with van der Waals surface area (Å²) in [4.78, 5) is 16.8. The van der Waals surface area contributed by atoms with Crippen LogP contribution in [0.4, 0.5) is 17.6 Å². The van der Waals surface area contributed by atoms with Crippen molar-refractivity contribution < 1.29 is 17.6 Å². The van der Waals surface area contributed by atoms with E-state index in [2.05, 4.69) is 20.0 Å². The fraction of sp³-hybridized carbons (Fsp3) is 0. The van der Waals surface area contributed by atoms with Gasteiger partial charge in [0.25, 0.3) is 0 Å².